The fraction of sp³-hybridized carbons (Fsp3) is 0.222. The summed E-state index contributed by atoms with van der Waals surface area (Å²) >= 11 is 0. The van der Waals surface area contributed by atoms with E-state index in [0.717, 1.165) is 12.1 Å². The molecule has 5 nitrogen and oxygen atoms in total. The van der Waals surface area contributed by atoms with Crippen molar-refractivity contribution in [2.75, 3.05) is 20.6 Å². The number of pyridine rings is 1. The second-order valence-corrected chi connectivity index (χ2v) is 5.99. The first kappa shape index (κ1) is 17.0. The molecular weight excluding hydrogens is 328 g/mol. The standard InChI is InChI=1S/C18H17F2N3O2/c1-21(2)9-10-23-15-5-3-4-8-22(15)17(24)16(18(23)25)13-7-6-12(19)11-14(13)20/h3-8,11H,9-10H2,1-2H3. The van der Waals surface area contributed by atoms with E-state index >= 15 is 0 Å². The molecule has 7 heteroatoms. The molecule has 2 heterocycles. The van der Waals surface area contributed by atoms with Crippen LogP contribution in [-0.4, -0.2) is 29.9 Å². The molecule has 1 aromatic carbocycles. The van der Waals surface area contributed by atoms with Crippen molar-refractivity contribution in [3.8, 4) is 17.0 Å². The maximum absolute atomic E-state index is 14.2. The van der Waals surface area contributed by atoms with Gasteiger partial charge in [-0.1, -0.05) is 6.07 Å². The van der Waals surface area contributed by atoms with Crippen molar-refractivity contribution < 1.29 is 18.5 Å². The zero-order valence-electron chi connectivity index (χ0n) is 13.9. The Kier molecular flexibility index (Phi) is 4.50. The van der Waals surface area contributed by atoms with Crippen molar-refractivity contribution in [3.63, 3.8) is 0 Å². The van der Waals surface area contributed by atoms with Gasteiger partial charge in [0.1, 0.15) is 23.7 Å². The zero-order valence-corrected chi connectivity index (χ0v) is 13.9. The minimum Gasteiger partial charge on any atom is -0.842 e. The number of rotatable bonds is 4. The Morgan fingerprint density at radius 3 is 2.64 bits per heavy atom. The molecule has 0 fully saturated rings. The van der Waals surface area contributed by atoms with Crippen LogP contribution in [0.1, 0.15) is 0 Å². The van der Waals surface area contributed by atoms with Crippen molar-refractivity contribution >= 4 is 5.65 Å². The minimum atomic E-state index is -0.941. The summed E-state index contributed by atoms with van der Waals surface area (Å²) in [6.45, 7) is 0.892. The summed E-state index contributed by atoms with van der Waals surface area (Å²) in [7, 11) is 3.73. The van der Waals surface area contributed by atoms with Crippen molar-refractivity contribution in [3.05, 3.63) is 64.6 Å². The number of likely N-dealkylation sites (N-methyl/N-ethyl adjacent to an activating group) is 1. The number of fused-ring (bicyclic) bond motifs is 1. The quantitative estimate of drug-likeness (QED) is 0.667. The van der Waals surface area contributed by atoms with Gasteiger partial charge in [0.05, 0.1) is 12.1 Å². The van der Waals surface area contributed by atoms with Crippen LogP contribution in [0.2, 0.25) is 0 Å². The summed E-state index contributed by atoms with van der Waals surface area (Å²) in [5, 5.41) is 12.9. The van der Waals surface area contributed by atoms with Crippen LogP contribution in [0.15, 0.2) is 47.4 Å². The SMILES string of the molecule is CN(C)CC[n+]1c([O-])c(-c2ccc(F)cc2F)c(=O)n2ccccc21. The topological polar surface area (TPSA) is 51.7 Å². The first-order chi connectivity index (χ1) is 11.9. The lowest BCUT2D eigenvalue weighted by atomic mass is 10.1. The number of nitrogens with zero attached hydrogens (tertiary/aromatic N) is 3. The predicted octanol–water partition coefficient (Wildman–Crippen LogP) is 1.17. The Bertz CT molecular complexity index is 1000. The number of hydrogen-bond donors (Lipinski definition) is 0. The van der Waals surface area contributed by atoms with Crippen LogP contribution < -0.4 is 15.2 Å². The molecule has 25 heavy (non-hydrogen) atoms. The van der Waals surface area contributed by atoms with Crippen LogP contribution >= 0.6 is 0 Å². The van der Waals surface area contributed by atoms with E-state index in [1.54, 1.807) is 18.2 Å². The highest BCUT2D eigenvalue weighted by atomic mass is 19.1. The van der Waals surface area contributed by atoms with Gasteiger partial charge in [-0.15, -0.1) is 0 Å². The molecule has 0 aliphatic rings. The van der Waals surface area contributed by atoms with Gasteiger partial charge in [0, 0.05) is 24.2 Å². The van der Waals surface area contributed by atoms with Crippen LogP contribution in [0.5, 0.6) is 5.88 Å². The van der Waals surface area contributed by atoms with E-state index < -0.39 is 23.1 Å². The summed E-state index contributed by atoms with van der Waals surface area (Å²) in [5.41, 5.74) is -0.717. The summed E-state index contributed by atoms with van der Waals surface area (Å²) in [5.74, 6) is -2.30. The summed E-state index contributed by atoms with van der Waals surface area (Å²) in [6, 6.07) is 7.84. The van der Waals surface area contributed by atoms with Crippen LogP contribution in [0.4, 0.5) is 8.78 Å². The fourth-order valence-electron chi connectivity index (χ4n) is 2.72. The highest BCUT2D eigenvalue weighted by Crippen LogP contribution is 2.25. The molecule has 0 aliphatic heterocycles. The van der Waals surface area contributed by atoms with Gasteiger partial charge in [-0.25, -0.2) is 18.1 Å². The van der Waals surface area contributed by atoms with Gasteiger partial charge in [-0.2, -0.15) is 4.40 Å². The number of halogens is 2. The van der Waals surface area contributed by atoms with Gasteiger partial charge in [0.2, 0.25) is 0 Å². The molecule has 0 amide bonds. The van der Waals surface area contributed by atoms with Crippen LogP contribution in [0.3, 0.4) is 0 Å². The van der Waals surface area contributed by atoms with Crippen molar-refractivity contribution in [1.82, 2.24) is 9.30 Å². The Labute approximate surface area is 143 Å². The Morgan fingerprint density at radius 1 is 1.20 bits per heavy atom. The van der Waals surface area contributed by atoms with E-state index in [-0.39, 0.29) is 11.1 Å². The van der Waals surface area contributed by atoms with Crippen molar-refractivity contribution in [2.24, 2.45) is 0 Å². The Hall–Kier alpha value is -2.80. The predicted molar refractivity (Wildman–Crippen MR) is 87.2 cm³/mol. The highest BCUT2D eigenvalue weighted by molar-refractivity contribution is 5.67. The third-order valence-corrected chi connectivity index (χ3v) is 3.98. The van der Waals surface area contributed by atoms with Gasteiger partial charge in [-0.05, 0) is 32.3 Å². The molecule has 0 saturated carbocycles. The Balaban J connectivity index is 2.34. The molecule has 0 saturated heterocycles. The lowest BCUT2D eigenvalue weighted by molar-refractivity contribution is -0.715. The zero-order chi connectivity index (χ0) is 18.1. The first-order valence-electron chi connectivity index (χ1n) is 7.74. The Morgan fingerprint density at radius 2 is 1.96 bits per heavy atom. The molecule has 3 aromatic rings. The summed E-state index contributed by atoms with van der Waals surface area (Å²) < 4.78 is 30.1. The van der Waals surface area contributed by atoms with Crippen molar-refractivity contribution in [1.29, 1.82) is 0 Å². The van der Waals surface area contributed by atoms with Crippen LogP contribution in [-0.2, 0) is 6.54 Å². The van der Waals surface area contributed by atoms with Crippen molar-refractivity contribution in [2.45, 2.75) is 6.54 Å². The van der Waals surface area contributed by atoms with Gasteiger partial charge < -0.3 is 10.0 Å². The van der Waals surface area contributed by atoms with Crippen LogP contribution in [0.25, 0.3) is 16.8 Å². The molecule has 0 atom stereocenters. The van der Waals surface area contributed by atoms with Crippen LogP contribution in [0, 0.1) is 11.6 Å². The van der Waals surface area contributed by atoms with E-state index in [1.807, 2.05) is 19.0 Å². The van der Waals surface area contributed by atoms with E-state index in [1.165, 1.54) is 15.2 Å². The van der Waals surface area contributed by atoms with E-state index in [0.29, 0.717) is 24.8 Å². The molecule has 130 valence electrons. The third kappa shape index (κ3) is 3.10. The second kappa shape index (κ2) is 6.60. The van der Waals surface area contributed by atoms with Gasteiger partial charge >= 0.3 is 5.56 Å². The molecule has 0 unspecified atom stereocenters. The molecular formula is C18H17F2N3O2. The molecule has 0 bridgehead atoms. The van der Waals surface area contributed by atoms with E-state index in [4.69, 9.17) is 0 Å². The number of hydrogen-bond acceptors (Lipinski definition) is 3. The average Bonchev–Trinajstić information content (AvgIpc) is 2.56. The lowest BCUT2D eigenvalue weighted by Gasteiger charge is -2.18. The number of aromatic nitrogens is 2. The van der Waals surface area contributed by atoms with Gasteiger partial charge in [0.25, 0.3) is 5.65 Å². The fourth-order valence-corrected chi connectivity index (χ4v) is 2.72. The maximum atomic E-state index is 14.2. The first-order valence-corrected chi connectivity index (χ1v) is 7.74. The van der Waals surface area contributed by atoms with E-state index in [2.05, 4.69) is 0 Å². The molecule has 2 aromatic heterocycles. The summed E-state index contributed by atoms with van der Waals surface area (Å²) in [6.07, 6.45) is 1.52. The third-order valence-electron chi connectivity index (χ3n) is 3.98. The van der Waals surface area contributed by atoms with Gasteiger partial charge in [0.15, 0.2) is 0 Å². The molecule has 3 rings (SSSR count). The molecule has 0 spiro atoms. The molecule has 0 N–H and O–H groups in total. The monoisotopic (exact) mass is 345 g/mol. The van der Waals surface area contributed by atoms with Gasteiger partial charge in [-0.3, -0.25) is 0 Å². The molecule has 0 radical (unpaired) electrons. The second-order valence-electron chi connectivity index (χ2n) is 5.99. The summed E-state index contributed by atoms with van der Waals surface area (Å²) in [4.78, 5) is 14.7. The smallest absolute Gasteiger partial charge is 0.349 e. The molecule has 0 aliphatic carbocycles. The minimum absolute atomic E-state index is 0.201. The van der Waals surface area contributed by atoms with E-state index in [9.17, 15) is 18.7 Å². The highest BCUT2D eigenvalue weighted by Gasteiger charge is 2.22. The maximum Gasteiger partial charge on any atom is 0.349 e. The lowest BCUT2D eigenvalue weighted by Crippen LogP contribution is -2.46. The number of benzene rings is 1. The normalized spacial score (nSPS) is 11.4. The largest absolute Gasteiger partial charge is 0.842 e. The average molecular weight is 345 g/mol.